The van der Waals surface area contributed by atoms with Crippen molar-refractivity contribution in [1.82, 2.24) is 29.4 Å². The van der Waals surface area contributed by atoms with Crippen LogP contribution >= 0.6 is 22.9 Å². The number of aryl methyl sites for hydroxylation is 1. The molecule has 22 heavy (non-hydrogen) atoms. The van der Waals surface area contributed by atoms with E-state index >= 15 is 0 Å². The van der Waals surface area contributed by atoms with Crippen LogP contribution in [-0.2, 0) is 0 Å². The lowest BCUT2D eigenvalue weighted by molar-refractivity contribution is 0.601. The molecule has 0 radical (unpaired) electrons. The standard InChI is InChI=1S/C12H6F2N6S2/c1-5-9(15-19-22-5)11-18-20-10(16-17-12(20)21-11)7-4-6(13)2-3-8(7)14/h2-4H,1H3. The molecule has 0 aliphatic carbocycles. The van der Waals surface area contributed by atoms with Gasteiger partial charge in [-0.2, -0.15) is 9.61 Å². The van der Waals surface area contributed by atoms with Gasteiger partial charge in [0, 0.05) is 0 Å². The molecule has 0 saturated heterocycles. The maximum Gasteiger partial charge on any atom is 0.235 e. The number of fused-ring (bicyclic) bond motifs is 1. The molecule has 3 aromatic heterocycles. The van der Waals surface area contributed by atoms with Gasteiger partial charge in [-0.1, -0.05) is 15.8 Å². The van der Waals surface area contributed by atoms with Crippen LogP contribution in [0.5, 0.6) is 0 Å². The Bertz CT molecular complexity index is 989. The van der Waals surface area contributed by atoms with Crippen LogP contribution in [-0.4, -0.2) is 29.4 Å². The van der Waals surface area contributed by atoms with Gasteiger partial charge >= 0.3 is 0 Å². The molecule has 3 heterocycles. The number of benzene rings is 1. The van der Waals surface area contributed by atoms with Crippen LogP contribution in [0.25, 0.3) is 27.1 Å². The van der Waals surface area contributed by atoms with Crippen molar-refractivity contribution in [2.45, 2.75) is 6.92 Å². The molecule has 0 amide bonds. The van der Waals surface area contributed by atoms with Crippen molar-refractivity contribution in [2.75, 3.05) is 0 Å². The molecule has 1 aromatic carbocycles. The molecule has 0 aliphatic heterocycles. The average molecular weight is 336 g/mol. The quantitative estimate of drug-likeness (QED) is 0.563. The summed E-state index contributed by atoms with van der Waals surface area (Å²) in [6, 6.07) is 3.17. The van der Waals surface area contributed by atoms with E-state index in [9.17, 15) is 8.78 Å². The number of halogens is 2. The Balaban J connectivity index is 1.91. The Morgan fingerprint density at radius 3 is 2.77 bits per heavy atom. The minimum atomic E-state index is -0.586. The number of rotatable bonds is 2. The number of hydrogen-bond acceptors (Lipinski definition) is 7. The largest absolute Gasteiger partial charge is 0.235 e. The zero-order chi connectivity index (χ0) is 15.3. The Labute approximate surface area is 130 Å². The van der Waals surface area contributed by atoms with Crippen LogP contribution in [0.15, 0.2) is 18.2 Å². The highest BCUT2D eigenvalue weighted by molar-refractivity contribution is 7.20. The van der Waals surface area contributed by atoms with Crippen LogP contribution in [0.4, 0.5) is 8.78 Å². The van der Waals surface area contributed by atoms with Crippen molar-refractivity contribution < 1.29 is 8.78 Å². The second-order valence-corrected chi connectivity index (χ2v) is 6.34. The van der Waals surface area contributed by atoms with E-state index in [0.717, 1.165) is 23.1 Å². The predicted octanol–water partition coefficient (Wildman–Crippen LogP) is 2.96. The van der Waals surface area contributed by atoms with Gasteiger partial charge in [-0.05, 0) is 36.7 Å². The summed E-state index contributed by atoms with van der Waals surface area (Å²) >= 11 is 2.53. The third-order valence-electron chi connectivity index (χ3n) is 3.01. The number of aromatic nitrogens is 6. The molecular weight excluding hydrogens is 330 g/mol. The lowest BCUT2D eigenvalue weighted by Crippen LogP contribution is -1.95. The molecule has 4 aromatic rings. The van der Waals surface area contributed by atoms with Crippen LogP contribution in [0.2, 0.25) is 0 Å². The zero-order valence-corrected chi connectivity index (χ0v) is 12.6. The number of nitrogens with zero attached hydrogens (tertiary/aromatic N) is 6. The molecule has 0 fully saturated rings. The number of hydrogen-bond donors (Lipinski definition) is 0. The van der Waals surface area contributed by atoms with Crippen molar-refractivity contribution in [3.8, 4) is 22.1 Å². The van der Waals surface area contributed by atoms with Crippen molar-refractivity contribution >= 4 is 27.8 Å². The third-order valence-corrected chi connectivity index (χ3v) is 4.55. The van der Waals surface area contributed by atoms with Crippen LogP contribution in [0, 0.1) is 18.6 Å². The Kier molecular flexibility index (Phi) is 2.94. The SMILES string of the molecule is Cc1snnc1-c1nn2c(-c3cc(F)ccc3F)nnc2s1. The Morgan fingerprint density at radius 1 is 1.14 bits per heavy atom. The molecule has 4 rings (SSSR count). The molecule has 6 nitrogen and oxygen atoms in total. The summed E-state index contributed by atoms with van der Waals surface area (Å²) in [4.78, 5) is 1.39. The average Bonchev–Trinajstić information content (AvgIpc) is 3.16. The van der Waals surface area contributed by atoms with Gasteiger partial charge in [0.2, 0.25) is 4.96 Å². The lowest BCUT2D eigenvalue weighted by Gasteiger charge is -1.99. The lowest BCUT2D eigenvalue weighted by atomic mass is 10.2. The minimum absolute atomic E-state index is 0.0116. The van der Waals surface area contributed by atoms with Gasteiger partial charge in [-0.3, -0.25) is 0 Å². The van der Waals surface area contributed by atoms with Crippen molar-refractivity contribution in [3.63, 3.8) is 0 Å². The normalized spacial score (nSPS) is 11.4. The summed E-state index contributed by atoms with van der Waals surface area (Å²) in [5.74, 6) is -0.991. The fourth-order valence-electron chi connectivity index (χ4n) is 1.98. The molecule has 0 N–H and O–H groups in total. The maximum atomic E-state index is 13.9. The van der Waals surface area contributed by atoms with Gasteiger partial charge < -0.3 is 0 Å². The molecule has 0 saturated carbocycles. The summed E-state index contributed by atoms with van der Waals surface area (Å²) < 4.78 is 32.5. The van der Waals surface area contributed by atoms with Crippen molar-refractivity contribution in [3.05, 3.63) is 34.7 Å². The van der Waals surface area contributed by atoms with Gasteiger partial charge in [0.25, 0.3) is 0 Å². The molecule has 0 spiro atoms. The summed E-state index contributed by atoms with van der Waals surface area (Å²) in [6.07, 6.45) is 0. The molecular formula is C12H6F2N6S2. The monoisotopic (exact) mass is 336 g/mol. The molecule has 0 atom stereocenters. The van der Waals surface area contributed by atoms with Gasteiger partial charge in [-0.15, -0.1) is 15.3 Å². The van der Waals surface area contributed by atoms with Crippen LogP contribution in [0.1, 0.15) is 4.88 Å². The summed E-state index contributed by atoms with van der Waals surface area (Å²) in [5.41, 5.74) is 0.670. The third kappa shape index (κ3) is 1.99. The topological polar surface area (TPSA) is 68.9 Å². The van der Waals surface area contributed by atoms with Gasteiger partial charge in [-0.25, -0.2) is 8.78 Å². The summed E-state index contributed by atoms with van der Waals surface area (Å²) in [5, 5.41) is 16.8. The van der Waals surface area contributed by atoms with Gasteiger partial charge in [0.05, 0.1) is 10.4 Å². The van der Waals surface area contributed by atoms with E-state index < -0.39 is 11.6 Å². The highest BCUT2D eigenvalue weighted by Crippen LogP contribution is 2.30. The highest BCUT2D eigenvalue weighted by Gasteiger charge is 2.19. The smallest absolute Gasteiger partial charge is 0.207 e. The van der Waals surface area contributed by atoms with E-state index in [0.29, 0.717) is 15.7 Å². The first-order valence-electron chi connectivity index (χ1n) is 6.10. The van der Waals surface area contributed by atoms with Crippen molar-refractivity contribution in [1.29, 1.82) is 0 Å². The second-order valence-electron chi connectivity index (χ2n) is 4.43. The fourth-order valence-corrected chi connectivity index (χ4v) is 3.39. The maximum absolute atomic E-state index is 13.9. The molecule has 0 unspecified atom stereocenters. The fraction of sp³-hybridized carbons (Fsp3) is 0.0833. The predicted molar refractivity (Wildman–Crippen MR) is 77.7 cm³/mol. The Morgan fingerprint density at radius 2 is 2.00 bits per heavy atom. The highest BCUT2D eigenvalue weighted by atomic mass is 32.1. The Hall–Kier alpha value is -2.33. The molecule has 0 aliphatic rings. The first-order valence-corrected chi connectivity index (χ1v) is 7.69. The van der Waals surface area contributed by atoms with Crippen molar-refractivity contribution in [2.24, 2.45) is 0 Å². The summed E-state index contributed by atoms with van der Waals surface area (Å²) in [7, 11) is 0. The zero-order valence-electron chi connectivity index (χ0n) is 11.0. The first kappa shape index (κ1) is 13.3. The first-order chi connectivity index (χ1) is 10.6. The van der Waals surface area contributed by atoms with Gasteiger partial charge in [0.15, 0.2) is 10.8 Å². The van der Waals surface area contributed by atoms with E-state index in [4.69, 9.17) is 0 Å². The summed E-state index contributed by atoms with van der Waals surface area (Å²) in [6.45, 7) is 1.88. The second kappa shape index (κ2) is 4.85. The molecule has 110 valence electrons. The molecule has 0 bridgehead atoms. The van der Waals surface area contributed by atoms with E-state index in [1.165, 1.54) is 27.4 Å². The molecule has 10 heteroatoms. The van der Waals surface area contributed by atoms with E-state index in [1.54, 1.807) is 0 Å². The van der Waals surface area contributed by atoms with Crippen LogP contribution in [0.3, 0.4) is 0 Å². The van der Waals surface area contributed by atoms with E-state index in [-0.39, 0.29) is 11.4 Å². The van der Waals surface area contributed by atoms with Gasteiger partial charge in [0.1, 0.15) is 17.3 Å². The van der Waals surface area contributed by atoms with E-state index in [1.807, 2.05) is 6.92 Å². The van der Waals surface area contributed by atoms with Crippen LogP contribution < -0.4 is 0 Å². The van der Waals surface area contributed by atoms with E-state index in [2.05, 4.69) is 24.9 Å². The minimum Gasteiger partial charge on any atom is -0.207 e.